The molecule has 3 N–H and O–H groups in total. The van der Waals surface area contributed by atoms with Gasteiger partial charge in [0.25, 0.3) is 10.2 Å². The average Bonchev–Trinajstić information content (AvgIpc) is 2.67. The summed E-state index contributed by atoms with van der Waals surface area (Å²) in [4.78, 5) is 0. The number of nitrogens with one attached hydrogen (secondary N) is 3. The third kappa shape index (κ3) is 4.46. The van der Waals surface area contributed by atoms with E-state index in [1.165, 1.54) is 0 Å². The topological polar surface area (TPSA) is 70.2 Å². The standard InChI is InChI=1S/C9H21N3O2S/c1-3-5-11-15(13,14)12-8(2)9-4-6-10-7-9/h8-12H,3-7H2,1-2H3. The average molecular weight is 235 g/mol. The third-order valence-electron chi connectivity index (χ3n) is 2.69. The van der Waals surface area contributed by atoms with Crippen molar-refractivity contribution in [1.29, 1.82) is 0 Å². The molecule has 1 fully saturated rings. The summed E-state index contributed by atoms with van der Waals surface area (Å²) in [6.07, 6.45) is 1.84. The quantitative estimate of drug-likeness (QED) is 0.598. The second kappa shape index (κ2) is 5.79. The van der Waals surface area contributed by atoms with Crippen LogP contribution in [0.1, 0.15) is 26.7 Å². The van der Waals surface area contributed by atoms with E-state index in [1.807, 2.05) is 13.8 Å². The Morgan fingerprint density at radius 3 is 2.80 bits per heavy atom. The van der Waals surface area contributed by atoms with Crippen LogP contribution in [0.5, 0.6) is 0 Å². The van der Waals surface area contributed by atoms with Crippen molar-refractivity contribution in [3.63, 3.8) is 0 Å². The summed E-state index contributed by atoms with van der Waals surface area (Å²) in [5.74, 6) is 0.406. The predicted molar refractivity (Wildman–Crippen MR) is 60.8 cm³/mol. The Kier molecular flexibility index (Phi) is 4.98. The number of hydrogen-bond donors (Lipinski definition) is 3. The molecule has 15 heavy (non-hydrogen) atoms. The monoisotopic (exact) mass is 235 g/mol. The lowest BCUT2D eigenvalue weighted by molar-refractivity contribution is 0.441. The highest BCUT2D eigenvalue weighted by Crippen LogP contribution is 2.12. The van der Waals surface area contributed by atoms with Crippen LogP contribution in [0.2, 0.25) is 0 Å². The molecular formula is C9H21N3O2S. The van der Waals surface area contributed by atoms with Gasteiger partial charge in [0.1, 0.15) is 0 Å². The lowest BCUT2D eigenvalue weighted by Crippen LogP contribution is -2.45. The molecule has 0 radical (unpaired) electrons. The van der Waals surface area contributed by atoms with Crippen molar-refractivity contribution in [3.05, 3.63) is 0 Å². The molecule has 1 rings (SSSR count). The first kappa shape index (κ1) is 12.9. The van der Waals surface area contributed by atoms with Crippen LogP contribution >= 0.6 is 0 Å². The molecule has 0 aromatic rings. The van der Waals surface area contributed by atoms with Gasteiger partial charge in [-0.2, -0.15) is 13.1 Å². The van der Waals surface area contributed by atoms with Crippen LogP contribution in [-0.2, 0) is 10.2 Å². The van der Waals surface area contributed by atoms with E-state index in [0.717, 1.165) is 25.9 Å². The molecule has 2 atom stereocenters. The molecule has 1 aliphatic rings. The van der Waals surface area contributed by atoms with Gasteiger partial charge in [-0.15, -0.1) is 0 Å². The van der Waals surface area contributed by atoms with Crippen molar-refractivity contribution >= 4 is 10.2 Å². The Balaban J connectivity index is 2.38. The van der Waals surface area contributed by atoms with Crippen molar-refractivity contribution in [2.75, 3.05) is 19.6 Å². The van der Waals surface area contributed by atoms with Crippen LogP contribution in [0, 0.1) is 5.92 Å². The predicted octanol–water partition coefficient (Wildman–Crippen LogP) is -0.182. The molecule has 0 bridgehead atoms. The number of hydrogen-bond acceptors (Lipinski definition) is 3. The van der Waals surface area contributed by atoms with Gasteiger partial charge in [-0.3, -0.25) is 0 Å². The fraction of sp³-hybridized carbons (Fsp3) is 1.00. The van der Waals surface area contributed by atoms with E-state index in [0.29, 0.717) is 12.5 Å². The third-order valence-corrected chi connectivity index (χ3v) is 3.95. The van der Waals surface area contributed by atoms with Crippen molar-refractivity contribution < 1.29 is 8.42 Å². The first-order chi connectivity index (χ1) is 7.05. The molecule has 2 unspecified atom stereocenters. The Labute approximate surface area is 92.2 Å². The van der Waals surface area contributed by atoms with Crippen LogP contribution in [0.25, 0.3) is 0 Å². The lowest BCUT2D eigenvalue weighted by atomic mass is 10.0. The van der Waals surface area contributed by atoms with Gasteiger partial charge in [-0.1, -0.05) is 6.92 Å². The summed E-state index contributed by atoms with van der Waals surface area (Å²) in [5.41, 5.74) is 0. The molecular weight excluding hydrogens is 214 g/mol. The van der Waals surface area contributed by atoms with Gasteiger partial charge in [0.05, 0.1) is 0 Å². The van der Waals surface area contributed by atoms with Gasteiger partial charge in [0.15, 0.2) is 0 Å². The van der Waals surface area contributed by atoms with E-state index in [-0.39, 0.29) is 6.04 Å². The zero-order chi connectivity index (χ0) is 11.3. The molecule has 0 amide bonds. The van der Waals surface area contributed by atoms with E-state index < -0.39 is 10.2 Å². The fourth-order valence-electron chi connectivity index (χ4n) is 1.72. The molecule has 1 heterocycles. The summed E-state index contributed by atoms with van der Waals surface area (Å²) < 4.78 is 28.2. The second-order valence-electron chi connectivity index (χ2n) is 4.06. The molecule has 90 valence electrons. The van der Waals surface area contributed by atoms with Crippen LogP contribution in [0.4, 0.5) is 0 Å². The SMILES string of the molecule is CCCNS(=O)(=O)NC(C)C1CCNC1. The van der Waals surface area contributed by atoms with Crippen molar-refractivity contribution in [3.8, 4) is 0 Å². The van der Waals surface area contributed by atoms with Crippen LogP contribution in [-0.4, -0.2) is 34.1 Å². The van der Waals surface area contributed by atoms with Crippen LogP contribution in [0.3, 0.4) is 0 Å². The van der Waals surface area contributed by atoms with E-state index in [4.69, 9.17) is 0 Å². The van der Waals surface area contributed by atoms with E-state index >= 15 is 0 Å². The van der Waals surface area contributed by atoms with Crippen LogP contribution < -0.4 is 14.8 Å². The molecule has 6 heteroatoms. The van der Waals surface area contributed by atoms with Crippen molar-refractivity contribution in [1.82, 2.24) is 14.8 Å². The normalized spacial score (nSPS) is 24.3. The second-order valence-corrected chi connectivity index (χ2v) is 5.59. The zero-order valence-corrected chi connectivity index (χ0v) is 10.2. The Morgan fingerprint density at radius 1 is 1.53 bits per heavy atom. The Morgan fingerprint density at radius 2 is 2.27 bits per heavy atom. The summed E-state index contributed by atoms with van der Waals surface area (Å²) in [6.45, 7) is 6.23. The largest absolute Gasteiger partial charge is 0.316 e. The molecule has 5 nitrogen and oxygen atoms in total. The van der Waals surface area contributed by atoms with Crippen LogP contribution in [0.15, 0.2) is 0 Å². The van der Waals surface area contributed by atoms with E-state index in [2.05, 4.69) is 14.8 Å². The highest BCUT2D eigenvalue weighted by molar-refractivity contribution is 7.87. The van der Waals surface area contributed by atoms with Gasteiger partial charge in [0, 0.05) is 12.6 Å². The van der Waals surface area contributed by atoms with E-state index in [1.54, 1.807) is 0 Å². The van der Waals surface area contributed by atoms with Crippen molar-refractivity contribution in [2.45, 2.75) is 32.7 Å². The van der Waals surface area contributed by atoms with E-state index in [9.17, 15) is 8.42 Å². The minimum absolute atomic E-state index is 0.00523. The lowest BCUT2D eigenvalue weighted by Gasteiger charge is -2.19. The maximum atomic E-state index is 11.5. The van der Waals surface area contributed by atoms with Gasteiger partial charge in [-0.05, 0) is 38.8 Å². The number of rotatable bonds is 6. The first-order valence-corrected chi connectivity index (χ1v) is 7.01. The summed E-state index contributed by atoms with van der Waals surface area (Å²) in [5, 5.41) is 3.23. The summed E-state index contributed by atoms with van der Waals surface area (Å²) >= 11 is 0. The molecule has 1 saturated heterocycles. The molecule has 0 spiro atoms. The summed E-state index contributed by atoms with van der Waals surface area (Å²) in [6, 6.07) is -0.00523. The van der Waals surface area contributed by atoms with Gasteiger partial charge in [0.2, 0.25) is 0 Å². The van der Waals surface area contributed by atoms with Gasteiger partial charge < -0.3 is 5.32 Å². The smallest absolute Gasteiger partial charge is 0.277 e. The Bertz CT molecular complexity index is 273. The molecule has 1 aliphatic heterocycles. The van der Waals surface area contributed by atoms with Crippen molar-refractivity contribution in [2.24, 2.45) is 5.92 Å². The Hall–Kier alpha value is -0.170. The fourth-order valence-corrected chi connectivity index (χ4v) is 2.96. The molecule has 0 aromatic carbocycles. The minimum Gasteiger partial charge on any atom is -0.316 e. The first-order valence-electron chi connectivity index (χ1n) is 5.53. The molecule has 0 aromatic heterocycles. The molecule has 0 aliphatic carbocycles. The highest BCUT2D eigenvalue weighted by atomic mass is 32.2. The highest BCUT2D eigenvalue weighted by Gasteiger charge is 2.24. The maximum Gasteiger partial charge on any atom is 0.277 e. The molecule has 0 saturated carbocycles. The summed E-state index contributed by atoms with van der Waals surface area (Å²) in [7, 11) is -3.31. The minimum atomic E-state index is -3.31. The van der Waals surface area contributed by atoms with Gasteiger partial charge >= 0.3 is 0 Å². The maximum absolute atomic E-state index is 11.5. The van der Waals surface area contributed by atoms with Gasteiger partial charge in [-0.25, -0.2) is 4.72 Å². The zero-order valence-electron chi connectivity index (χ0n) is 9.41.